The van der Waals surface area contributed by atoms with Crippen molar-refractivity contribution in [1.82, 2.24) is 9.55 Å². The number of hydrogen-bond donors (Lipinski definition) is 0. The highest BCUT2D eigenvalue weighted by Crippen LogP contribution is 2.20. The van der Waals surface area contributed by atoms with E-state index < -0.39 is 0 Å². The van der Waals surface area contributed by atoms with E-state index in [1.54, 1.807) is 19.9 Å². The number of hydrogen-bond acceptors (Lipinski definition) is 4. The van der Waals surface area contributed by atoms with Gasteiger partial charge < -0.3 is 0 Å². The molecule has 0 amide bonds. The summed E-state index contributed by atoms with van der Waals surface area (Å²) >= 11 is 1.46. The lowest BCUT2D eigenvalue weighted by Gasteiger charge is -2.09. The fourth-order valence-electron chi connectivity index (χ4n) is 2.48. The quantitative estimate of drug-likeness (QED) is 0.692. The number of fused-ring (bicyclic) bond motifs is 1. The van der Waals surface area contributed by atoms with Crippen LogP contribution in [0.15, 0.2) is 29.1 Å². The van der Waals surface area contributed by atoms with E-state index >= 15 is 0 Å². The average molecular weight is 330 g/mol. The first kappa shape index (κ1) is 15.6. The molecular weight excluding hydrogens is 315 g/mol. The first-order valence-corrected chi connectivity index (χ1v) is 7.95. The van der Waals surface area contributed by atoms with E-state index in [-0.39, 0.29) is 23.7 Å². The van der Waals surface area contributed by atoms with Gasteiger partial charge in [-0.3, -0.25) is 14.2 Å². The minimum Gasteiger partial charge on any atom is -0.292 e. The van der Waals surface area contributed by atoms with Gasteiger partial charge in [-0.25, -0.2) is 9.37 Å². The third-order valence-corrected chi connectivity index (χ3v) is 4.69. The molecule has 0 aliphatic rings. The predicted molar refractivity (Wildman–Crippen MR) is 88.8 cm³/mol. The number of ketones is 1. The molecule has 1 aromatic carbocycles. The zero-order valence-corrected chi connectivity index (χ0v) is 13.8. The summed E-state index contributed by atoms with van der Waals surface area (Å²) < 4.78 is 14.7. The van der Waals surface area contributed by atoms with Crippen molar-refractivity contribution >= 4 is 27.3 Å². The minimum atomic E-state index is -0.355. The van der Waals surface area contributed by atoms with Gasteiger partial charge in [0.2, 0.25) is 0 Å². The Kier molecular flexibility index (Phi) is 3.85. The van der Waals surface area contributed by atoms with Crippen molar-refractivity contribution in [1.29, 1.82) is 0 Å². The van der Waals surface area contributed by atoms with Crippen molar-refractivity contribution in [3.63, 3.8) is 0 Å². The van der Waals surface area contributed by atoms with Crippen LogP contribution in [0.3, 0.4) is 0 Å². The zero-order valence-electron chi connectivity index (χ0n) is 13.0. The third-order valence-electron chi connectivity index (χ3n) is 3.75. The van der Waals surface area contributed by atoms with Gasteiger partial charge in [0.25, 0.3) is 5.56 Å². The van der Waals surface area contributed by atoms with Gasteiger partial charge in [-0.15, -0.1) is 11.3 Å². The summed E-state index contributed by atoms with van der Waals surface area (Å²) in [5, 5.41) is 0.529. The summed E-state index contributed by atoms with van der Waals surface area (Å²) in [6, 6.07) is 5.99. The lowest BCUT2D eigenvalue weighted by molar-refractivity contribution is 0.0969. The molecule has 0 saturated heterocycles. The smallest absolute Gasteiger partial charge is 0.262 e. The molecule has 0 aliphatic carbocycles. The number of carbonyl (C=O) groups excluding carboxylic acids is 1. The summed E-state index contributed by atoms with van der Waals surface area (Å²) in [6.07, 6.45) is 0. The summed E-state index contributed by atoms with van der Waals surface area (Å²) in [4.78, 5) is 31.1. The lowest BCUT2D eigenvalue weighted by Crippen LogP contribution is -2.27. The number of benzene rings is 1. The summed E-state index contributed by atoms with van der Waals surface area (Å²) in [5.41, 5.74) is 0.572. The number of carbonyl (C=O) groups is 1. The van der Waals surface area contributed by atoms with Gasteiger partial charge in [0.05, 0.1) is 11.9 Å². The molecule has 3 aromatic rings. The lowest BCUT2D eigenvalue weighted by atomic mass is 10.1. The predicted octanol–water partition coefficient (Wildman–Crippen LogP) is 3.41. The van der Waals surface area contributed by atoms with Gasteiger partial charge >= 0.3 is 0 Å². The van der Waals surface area contributed by atoms with Crippen molar-refractivity contribution in [3.05, 3.63) is 62.3 Å². The Labute approximate surface area is 136 Å². The Morgan fingerprint density at radius 3 is 2.70 bits per heavy atom. The number of rotatable bonds is 3. The van der Waals surface area contributed by atoms with Gasteiger partial charge in [-0.05, 0) is 50.6 Å². The molecule has 23 heavy (non-hydrogen) atoms. The molecule has 2 aromatic heterocycles. The maximum Gasteiger partial charge on any atom is 0.262 e. The van der Waals surface area contributed by atoms with Gasteiger partial charge in [0.15, 0.2) is 5.78 Å². The van der Waals surface area contributed by atoms with E-state index in [1.165, 1.54) is 34.1 Å². The molecule has 0 spiro atoms. The van der Waals surface area contributed by atoms with Crippen LogP contribution in [0.2, 0.25) is 0 Å². The Morgan fingerprint density at radius 2 is 2.00 bits per heavy atom. The number of Topliss-reactive ketones (excluding diaryl/α,β-unsaturated/α-hetero) is 1. The second-order valence-electron chi connectivity index (χ2n) is 5.51. The molecule has 0 atom stereocenters. The molecule has 118 valence electrons. The number of aryl methyl sites for hydroxylation is 3. The van der Waals surface area contributed by atoms with Gasteiger partial charge in [0, 0.05) is 10.4 Å². The molecule has 2 heterocycles. The average Bonchev–Trinajstić information content (AvgIpc) is 2.86. The first-order chi connectivity index (χ1) is 10.9. The molecule has 0 radical (unpaired) electrons. The largest absolute Gasteiger partial charge is 0.292 e. The van der Waals surface area contributed by atoms with Crippen LogP contribution in [0.5, 0.6) is 0 Å². The highest BCUT2D eigenvalue weighted by molar-refractivity contribution is 7.18. The van der Waals surface area contributed by atoms with Gasteiger partial charge in [0.1, 0.15) is 16.5 Å². The molecular formula is C17H15FN2O2S. The molecule has 4 nitrogen and oxygen atoms in total. The van der Waals surface area contributed by atoms with Crippen molar-refractivity contribution in [2.75, 3.05) is 0 Å². The molecule has 0 unspecified atom stereocenters. The van der Waals surface area contributed by atoms with Crippen LogP contribution in [0.4, 0.5) is 4.39 Å². The number of thiophene rings is 1. The Hall–Kier alpha value is -2.34. The third kappa shape index (κ3) is 2.82. The van der Waals surface area contributed by atoms with Crippen molar-refractivity contribution in [2.45, 2.75) is 27.3 Å². The van der Waals surface area contributed by atoms with Crippen LogP contribution in [-0.2, 0) is 6.54 Å². The number of halogens is 1. The van der Waals surface area contributed by atoms with Crippen molar-refractivity contribution < 1.29 is 9.18 Å². The maximum absolute atomic E-state index is 13.3. The first-order valence-electron chi connectivity index (χ1n) is 7.14. The highest BCUT2D eigenvalue weighted by atomic mass is 32.1. The van der Waals surface area contributed by atoms with Crippen LogP contribution in [0, 0.1) is 26.6 Å². The van der Waals surface area contributed by atoms with Crippen LogP contribution < -0.4 is 5.56 Å². The van der Waals surface area contributed by atoms with Crippen molar-refractivity contribution in [2.24, 2.45) is 0 Å². The van der Waals surface area contributed by atoms with Crippen LogP contribution >= 0.6 is 11.3 Å². The SMILES string of the molecule is Cc1cc2c(=O)n(CC(=O)c3ccc(F)c(C)c3)c(C)nc2s1. The second-order valence-corrected chi connectivity index (χ2v) is 6.75. The zero-order chi connectivity index (χ0) is 16.7. The van der Waals surface area contributed by atoms with E-state index in [4.69, 9.17) is 0 Å². The summed E-state index contributed by atoms with van der Waals surface area (Å²) in [6.45, 7) is 5.12. The number of aromatic nitrogens is 2. The van der Waals surface area contributed by atoms with E-state index in [1.807, 2.05) is 6.92 Å². The van der Waals surface area contributed by atoms with Crippen LogP contribution in [0.1, 0.15) is 26.6 Å². The molecule has 6 heteroatoms. The van der Waals surface area contributed by atoms with Gasteiger partial charge in [-0.2, -0.15) is 0 Å². The Morgan fingerprint density at radius 1 is 1.26 bits per heavy atom. The van der Waals surface area contributed by atoms with E-state index in [0.717, 1.165) is 4.88 Å². The van der Waals surface area contributed by atoms with E-state index in [0.29, 0.717) is 27.2 Å². The normalized spacial score (nSPS) is 11.1. The molecule has 0 bridgehead atoms. The summed E-state index contributed by atoms with van der Waals surface area (Å²) in [5.74, 6) is -0.102. The standard InChI is InChI=1S/C17H15FN2O2S/c1-9-6-12(4-5-14(9)18)15(21)8-20-11(3)19-16-13(17(20)22)7-10(2)23-16/h4-7H,8H2,1-3H3. The van der Waals surface area contributed by atoms with Crippen LogP contribution in [-0.4, -0.2) is 15.3 Å². The fourth-order valence-corrected chi connectivity index (χ4v) is 3.39. The van der Waals surface area contributed by atoms with Gasteiger partial charge in [-0.1, -0.05) is 0 Å². The number of nitrogens with zero attached hydrogens (tertiary/aromatic N) is 2. The Balaban J connectivity index is 2.02. The molecule has 0 saturated carbocycles. The van der Waals surface area contributed by atoms with E-state index in [9.17, 15) is 14.0 Å². The fraction of sp³-hybridized carbons (Fsp3) is 0.235. The summed E-state index contributed by atoms with van der Waals surface area (Å²) in [7, 11) is 0. The molecule has 0 fully saturated rings. The minimum absolute atomic E-state index is 0.104. The monoisotopic (exact) mass is 330 g/mol. The van der Waals surface area contributed by atoms with Crippen molar-refractivity contribution in [3.8, 4) is 0 Å². The maximum atomic E-state index is 13.3. The Bertz CT molecular complexity index is 988. The molecule has 0 aliphatic heterocycles. The second kappa shape index (κ2) is 5.70. The van der Waals surface area contributed by atoms with Crippen LogP contribution in [0.25, 0.3) is 10.2 Å². The topological polar surface area (TPSA) is 52.0 Å². The molecule has 0 N–H and O–H groups in total. The van der Waals surface area contributed by atoms with E-state index in [2.05, 4.69) is 4.98 Å². The highest BCUT2D eigenvalue weighted by Gasteiger charge is 2.15. The molecule has 3 rings (SSSR count).